The number of amides is 2. The fourth-order valence-electron chi connectivity index (χ4n) is 2.33. The Bertz CT molecular complexity index is 779. The number of halogens is 2. The van der Waals surface area contributed by atoms with E-state index in [2.05, 4.69) is 42.5 Å². The smallest absolute Gasteiger partial charge is 0.238 e. The van der Waals surface area contributed by atoms with Crippen molar-refractivity contribution < 1.29 is 9.59 Å². The van der Waals surface area contributed by atoms with Crippen LogP contribution in [0.2, 0.25) is 0 Å². The van der Waals surface area contributed by atoms with Crippen LogP contribution < -0.4 is 10.6 Å². The number of hydrogen-bond donors (Lipinski definition) is 2. The molecule has 0 radical (unpaired) electrons. The molecule has 2 aromatic carbocycles. The third-order valence-corrected chi connectivity index (χ3v) is 4.75. The summed E-state index contributed by atoms with van der Waals surface area (Å²) in [4.78, 5) is 26.0. The molecule has 2 amide bonds. The average Bonchev–Trinajstić information content (AvgIpc) is 2.58. The van der Waals surface area contributed by atoms with Gasteiger partial charge in [0.2, 0.25) is 11.8 Å². The van der Waals surface area contributed by atoms with Gasteiger partial charge in [-0.1, -0.05) is 31.9 Å². The highest BCUT2D eigenvalue weighted by Gasteiger charge is 2.10. The van der Waals surface area contributed by atoms with E-state index in [1.54, 1.807) is 0 Å². The van der Waals surface area contributed by atoms with Gasteiger partial charge >= 0.3 is 0 Å². The second-order valence-electron chi connectivity index (χ2n) is 6.05. The van der Waals surface area contributed by atoms with E-state index in [-0.39, 0.29) is 18.4 Å². The number of nitrogens with one attached hydrogen (secondary N) is 2. The predicted molar refractivity (Wildman–Crippen MR) is 112 cm³/mol. The third-order valence-electron chi connectivity index (χ3n) is 3.72. The summed E-state index contributed by atoms with van der Waals surface area (Å²) in [6.45, 7) is 2.66. The van der Waals surface area contributed by atoms with Crippen LogP contribution in [0.4, 0.5) is 11.4 Å². The summed E-state index contributed by atoms with van der Waals surface area (Å²) in [5, 5.41) is 5.73. The summed E-state index contributed by atoms with van der Waals surface area (Å²) < 4.78 is 1.93. The van der Waals surface area contributed by atoms with Crippen molar-refractivity contribution in [1.29, 1.82) is 0 Å². The van der Waals surface area contributed by atoms with Crippen LogP contribution in [-0.2, 0) is 9.59 Å². The quantitative estimate of drug-likeness (QED) is 0.614. The maximum Gasteiger partial charge on any atom is 0.238 e. The summed E-state index contributed by atoms with van der Waals surface area (Å²) in [7, 11) is 1.82. The van der Waals surface area contributed by atoms with Gasteiger partial charge in [0.15, 0.2) is 0 Å². The number of benzene rings is 2. The molecule has 5 nitrogen and oxygen atoms in total. The van der Waals surface area contributed by atoms with Gasteiger partial charge in [0.05, 0.1) is 6.54 Å². The van der Waals surface area contributed by atoms with Gasteiger partial charge in [-0.3, -0.25) is 14.5 Å². The fourth-order valence-corrected chi connectivity index (χ4v) is 3.07. The lowest BCUT2D eigenvalue weighted by Crippen LogP contribution is -2.32. The van der Waals surface area contributed by atoms with Crippen molar-refractivity contribution in [3.8, 4) is 0 Å². The van der Waals surface area contributed by atoms with E-state index in [0.29, 0.717) is 13.0 Å². The minimum atomic E-state index is -0.105. The zero-order chi connectivity index (χ0) is 19.1. The minimum absolute atomic E-state index is 0.0802. The summed E-state index contributed by atoms with van der Waals surface area (Å²) in [6, 6.07) is 13.1. The van der Waals surface area contributed by atoms with Crippen molar-refractivity contribution in [3.63, 3.8) is 0 Å². The molecule has 138 valence electrons. The molecular formula is C19H21Br2N3O2. The Kier molecular flexibility index (Phi) is 7.81. The van der Waals surface area contributed by atoms with E-state index >= 15 is 0 Å². The zero-order valence-corrected chi connectivity index (χ0v) is 17.9. The molecule has 7 heteroatoms. The van der Waals surface area contributed by atoms with E-state index < -0.39 is 0 Å². The SMILES string of the molecule is Cc1cc(Br)ccc1NC(=O)CN(C)CCC(=O)Nc1ccc(Br)cc1. The molecule has 0 aliphatic carbocycles. The zero-order valence-electron chi connectivity index (χ0n) is 14.7. The van der Waals surface area contributed by atoms with Crippen LogP contribution in [0.1, 0.15) is 12.0 Å². The Hall–Kier alpha value is -1.70. The van der Waals surface area contributed by atoms with Crippen molar-refractivity contribution in [1.82, 2.24) is 4.90 Å². The molecule has 2 aromatic rings. The van der Waals surface area contributed by atoms with E-state index in [9.17, 15) is 9.59 Å². The standard InChI is InChI=1S/C19H21Br2N3O2/c1-13-11-15(21)5-8-17(13)23-19(26)12-24(2)10-9-18(25)22-16-6-3-14(20)4-7-16/h3-8,11H,9-10,12H2,1-2H3,(H,22,25)(H,23,26). The molecule has 0 saturated carbocycles. The van der Waals surface area contributed by atoms with Crippen molar-refractivity contribution in [2.75, 3.05) is 30.8 Å². The van der Waals surface area contributed by atoms with Crippen LogP contribution in [0.5, 0.6) is 0 Å². The number of aryl methyl sites for hydroxylation is 1. The Morgan fingerprint density at radius 3 is 2.27 bits per heavy atom. The second kappa shape index (κ2) is 9.85. The summed E-state index contributed by atoms with van der Waals surface area (Å²) in [6.07, 6.45) is 0.317. The molecule has 0 aliphatic rings. The van der Waals surface area contributed by atoms with Crippen molar-refractivity contribution in [2.24, 2.45) is 0 Å². The van der Waals surface area contributed by atoms with Gasteiger partial charge in [0.25, 0.3) is 0 Å². The first kappa shape index (κ1) is 20.6. The first-order valence-electron chi connectivity index (χ1n) is 8.13. The Morgan fingerprint density at radius 2 is 1.62 bits per heavy atom. The van der Waals surface area contributed by atoms with Crippen LogP contribution in [0.15, 0.2) is 51.4 Å². The van der Waals surface area contributed by atoms with Crippen LogP contribution in [0, 0.1) is 6.92 Å². The molecule has 0 atom stereocenters. The highest BCUT2D eigenvalue weighted by molar-refractivity contribution is 9.10. The lowest BCUT2D eigenvalue weighted by Gasteiger charge is -2.17. The maximum atomic E-state index is 12.2. The van der Waals surface area contributed by atoms with Gasteiger partial charge in [-0.2, -0.15) is 0 Å². The number of carbonyl (C=O) groups is 2. The summed E-state index contributed by atoms with van der Waals surface area (Å²) in [5.74, 6) is -0.186. The van der Waals surface area contributed by atoms with E-state index in [0.717, 1.165) is 25.9 Å². The molecule has 26 heavy (non-hydrogen) atoms. The Labute approximate surface area is 170 Å². The molecule has 0 aromatic heterocycles. The van der Waals surface area contributed by atoms with Gasteiger partial charge in [0, 0.05) is 33.3 Å². The first-order chi connectivity index (χ1) is 12.3. The van der Waals surface area contributed by atoms with Gasteiger partial charge in [-0.05, 0) is 62.0 Å². The largest absolute Gasteiger partial charge is 0.326 e. The molecule has 2 N–H and O–H groups in total. The van der Waals surface area contributed by atoms with E-state index in [1.807, 2.05) is 61.3 Å². The molecule has 0 saturated heterocycles. The molecule has 2 rings (SSSR count). The molecule has 0 heterocycles. The minimum Gasteiger partial charge on any atom is -0.326 e. The van der Waals surface area contributed by atoms with Crippen LogP contribution in [-0.4, -0.2) is 36.9 Å². The lowest BCUT2D eigenvalue weighted by atomic mass is 10.2. The number of nitrogens with zero attached hydrogens (tertiary/aromatic N) is 1. The van der Waals surface area contributed by atoms with Gasteiger partial charge in [0.1, 0.15) is 0 Å². The van der Waals surface area contributed by atoms with Crippen molar-refractivity contribution >= 4 is 55.0 Å². The topological polar surface area (TPSA) is 61.4 Å². The maximum absolute atomic E-state index is 12.2. The van der Waals surface area contributed by atoms with Gasteiger partial charge in [-0.25, -0.2) is 0 Å². The second-order valence-corrected chi connectivity index (χ2v) is 7.88. The summed E-state index contributed by atoms with van der Waals surface area (Å²) >= 11 is 6.76. The van der Waals surface area contributed by atoms with Crippen LogP contribution >= 0.6 is 31.9 Å². The normalized spacial score (nSPS) is 10.7. The number of rotatable bonds is 7. The van der Waals surface area contributed by atoms with E-state index in [4.69, 9.17) is 0 Å². The number of carbonyl (C=O) groups excluding carboxylic acids is 2. The Morgan fingerprint density at radius 1 is 0.962 bits per heavy atom. The van der Waals surface area contributed by atoms with Gasteiger partial charge < -0.3 is 10.6 Å². The fraction of sp³-hybridized carbons (Fsp3) is 0.263. The molecule has 0 unspecified atom stereocenters. The van der Waals surface area contributed by atoms with Crippen molar-refractivity contribution in [2.45, 2.75) is 13.3 Å². The average molecular weight is 483 g/mol. The van der Waals surface area contributed by atoms with Crippen molar-refractivity contribution in [3.05, 3.63) is 57.0 Å². The molecular weight excluding hydrogens is 462 g/mol. The van der Waals surface area contributed by atoms with Gasteiger partial charge in [-0.15, -0.1) is 0 Å². The predicted octanol–water partition coefficient (Wildman–Crippen LogP) is 4.42. The number of hydrogen-bond acceptors (Lipinski definition) is 3. The summed E-state index contributed by atoms with van der Waals surface area (Å²) in [5.41, 5.74) is 2.54. The number of likely N-dealkylation sites (N-methyl/N-ethyl adjacent to an activating group) is 1. The molecule has 0 fully saturated rings. The Balaban J connectivity index is 1.75. The highest BCUT2D eigenvalue weighted by atomic mass is 79.9. The highest BCUT2D eigenvalue weighted by Crippen LogP contribution is 2.20. The molecule has 0 aliphatic heterocycles. The van der Waals surface area contributed by atoms with Crippen LogP contribution in [0.25, 0.3) is 0 Å². The third kappa shape index (κ3) is 6.90. The molecule has 0 bridgehead atoms. The van der Waals surface area contributed by atoms with Crippen LogP contribution in [0.3, 0.4) is 0 Å². The lowest BCUT2D eigenvalue weighted by molar-refractivity contribution is -0.119. The molecule has 0 spiro atoms. The first-order valence-corrected chi connectivity index (χ1v) is 9.72. The number of anilines is 2. The van der Waals surface area contributed by atoms with E-state index in [1.165, 1.54) is 0 Å². The monoisotopic (exact) mass is 481 g/mol.